The van der Waals surface area contributed by atoms with E-state index in [1.807, 2.05) is 4.57 Å². The van der Waals surface area contributed by atoms with Gasteiger partial charge in [0.25, 0.3) is 0 Å². The van der Waals surface area contributed by atoms with Crippen molar-refractivity contribution in [2.45, 2.75) is 25.3 Å². The second-order valence-corrected chi connectivity index (χ2v) is 5.26. The Balaban J connectivity index is 1.88. The van der Waals surface area contributed by atoms with E-state index < -0.39 is 0 Å². The number of benzene rings is 1. The summed E-state index contributed by atoms with van der Waals surface area (Å²) in [6.07, 6.45) is 2.56. The fraction of sp³-hybridized carbons (Fsp3) is 0.500. The van der Waals surface area contributed by atoms with Crippen molar-refractivity contribution in [1.82, 2.24) is 14.5 Å². The van der Waals surface area contributed by atoms with Gasteiger partial charge in [0.2, 0.25) is 0 Å². The number of likely N-dealkylation sites (tertiary alicyclic amines) is 1. The minimum atomic E-state index is -0.226. The number of fused-ring (bicyclic) bond motifs is 1. The van der Waals surface area contributed by atoms with E-state index in [4.69, 9.17) is 11.6 Å². The van der Waals surface area contributed by atoms with E-state index in [1.54, 1.807) is 12.1 Å². The smallest absolute Gasteiger partial charge is 0.125 e. The molecule has 0 radical (unpaired) electrons. The number of alkyl halides is 1. The second kappa shape index (κ2) is 5.47. The molecule has 0 amide bonds. The third-order valence-electron chi connectivity index (χ3n) is 3.75. The molecule has 1 aliphatic rings. The highest BCUT2D eigenvalue weighted by Gasteiger charge is 2.14. The van der Waals surface area contributed by atoms with Gasteiger partial charge in [0.15, 0.2) is 0 Å². The minimum absolute atomic E-state index is 0.226. The van der Waals surface area contributed by atoms with Crippen LogP contribution in [0.4, 0.5) is 4.39 Å². The molecule has 1 saturated heterocycles. The van der Waals surface area contributed by atoms with Crippen LogP contribution < -0.4 is 0 Å². The average Bonchev–Trinajstić information content (AvgIpc) is 3.03. The highest BCUT2D eigenvalue weighted by Crippen LogP contribution is 2.19. The Bertz CT molecular complexity index is 575. The Morgan fingerprint density at radius 2 is 2.00 bits per heavy atom. The molecule has 2 heterocycles. The van der Waals surface area contributed by atoms with Gasteiger partial charge in [-0.05, 0) is 44.1 Å². The molecule has 2 aromatic rings. The van der Waals surface area contributed by atoms with E-state index in [0.29, 0.717) is 5.88 Å². The standard InChI is InChI=1S/C14H17ClFN3/c15-10-14-17-12-4-3-11(16)9-13(12)19(14)8-7-18-5-1-2-6-18/h3-4,9H,1-2,5-8,10H2. The molecule has 3 nitrogen and oxygen atoms in total. The molecule has 0 atom stereocenters. The third kappa shape index (κ3) is 2.60. The molecule has 3 rings (SSSR count). The van der Waals surface area contributed by atoms with E-state index in [0.717, 1.165) is 43.0 Å². The highest BCUT2D eigenvalue weighted by molar-refractivity contribution is 6.16. The summed E-state index contributed by atoms with van der Waals surface area (Å²) in [4.78, 5) is 6.90. The first-order valence-corrected chi connectivity index (χ1v) is 7.24. The number of aromatic nitrogens is 2. The average molecular weight is 282 g/mol. The predicted molar refractivity (Wildman–Crippen MR) is 74.9 cm³/mol. The summed E-state index contributed by atoms with van der Waals surface area (Å²) in [6.45, 7) is 4.13. The maximum absolute atomic E-state index is 13.4. The molecule has 1 fully saturated rings. The van der Waals surface area contributed by atoms with Gasteiger partial charge in [0, 0.05) is 13.1 Å². The van der Waals surface area contributed by atoms with Crippen LogP contribution in [0.3, 0.4) is 0 Å². The third-order valence-corrected chi connectivity index (χ3v) is 3.99. The van der Waals surface area contributed by atoms with Gasteiger partial charge < -0.3 is 9.47 Å². The monoisotopic (exact) mass is 281 g/mol. The molecule has 0 aliphatic carbocycles. The van der Waals surface area contributed by atoms with Crippen molar-refractivity contribution in [3.63, 3.8) is 0 Å². The topological polar surface area (TPSA) is 21.1 Å². The molecule has 0 bridgehead atoms. The van der Waals surface area contributed by atoms with Gasteiger partial charge in [-0.2, -0.15) is 0 Å². The number of hydrogen-bond acceptors (Lipinski definition) is 2. The van der Waals surface area contributed by atoms with E-state index in [9.17, 15) is 4.39 Å². The van der Waals surface area contributed by atoms with Gasteiger partial charge in [-0.25, -0.2) is 9.37 Å². The van der Waals surface area contributed by atoms with Crippen LogP contribution in [0.5, 0.6) is 0 Å². The van der Waals surface area contributed by atoms with Gasteiger partial charge in [0.05, 0.1) is 16.9 Å². The van der Waals surface area contributed by atoms with Crippen LogP contribution in [0.1, 0.15) is 18.7 Å². The van der Waals surface area contributed by atoms with Crippen LogP contribution in [-0.2, 0) is 12.4 Å². The largest absolute Gasteiger partial charge is 0.326 e. The molecule has 1 aromatic heterocycles. The zero-order chi connectivity index (χ0) is 13.2. The van der Waals surface area contributed by atoms with Crippen molar-refractivity contribution < 1.29 is 4.39 Å². The van der Waals surface area contributed by atoms with Gasteiger partial charge >= 0.3 is 0 Å². The number of hydrogen-bond donors (Lipinski definition) is 0. The van der Waals surface area contributed by atoms with Crippen molar-refractivity contribution in [2.75, 3.05) is 19.6 Å². The molecule has 1 aromatic carbocycles. The van der Waals surface area contributed by atoms with E-state index in [-0.39, 0.29) is 5.82 Å². The summed E-state index contributed by atoms with van der Waals surface area (Å²) in [5.74, 6) is 0.952. The number of imidazole rings is 1. The lowest BCUT2D eigenvalue weighted by atomic mass is 10.3. The lowest BCUT2D eigenvalue weighted by molar-refractivity contribution is 0.323. The fourth-order valence-electron chi connectivity index (χ4n) is 2.74. The first kappa shape index (κ1) is 12.9. The van der Waals surface area contributed by atoms with Crippen molar-refractivity contribution in [1.29, 1.82) is 0 Å². The van der Waals surface area contributed by atoms with Crippen molar-refractivity contribution in [3.8, 4) is 0 Å². The lowest BCUT2D eigenvalue weighted by Crippen LogP contribution is -2.24. The van der Waals surface area contributed by atoms with Crippen molar-refractivity contribution >= 4 is 22.6 Å². The van der Waals surface area contributed by atoms with Crippen molar-refractivity contribution in [2.24, 2.45) is 0 Å². The second-order valence-electron chi connectivity index (χ2n) is 5.00. The van der Waals surface area contributed by atoms with Gasteiger partial charge in [-0.15, -0.1) is 11.6 Å². The Morgan fingerprint density at radius 3 is 2.74 bits per heavy atom. The summed E-state index contributed by atoms with van der Waals surface area (Å²) in [5, 5.41) is 0. The first-order valence-electron chi connectivity index (χ1n) is 6.71. The van der Waals surface area contributed by atoms with Crippen LogP contribution in [0.15, 0.2) is 18.2 Å². The van der Waals surface area contributed by atoms with Crippen LogP contribution >= 0.6 is 11.6 Å². The van der Waals surface area contributed by atoms with Gasteiger partial charge in [-0.3, -0.25) is 0 Å². The van der Waals surface area contributed by atoms with Crippen LogP contribution in [-0.4, -0.2) is 34.1 Å². The predicted octanol–water partition coefficient (Wildman–Crippen LogP) is 3.01. The summed E-state index contributed by atoms with van der Waals surface area (Å²) in [7, 11) is 0. The van der Waals surface area contributed by atoms with E-state index >= 15 is 0 Å². The molecule has 1 aliphatic heterocycles. The van der Waals surface area contributed by atoms with E-state index in [1.165, 1.54) is 18.9 Å². The Kier molecular flexibility index (Phi) is 3.71. The summed E-state index contributed by atoms with van der Waals surface area (Å²) in [6, 6.07) is 4.70. The van der Waals surface area contributed by atoms with Gasteiger partial charge in [-0.1, -0.05) is 0 Å². The lowest BCUT2D eigenvalue weighted by Gasteiger charge is -2.16. The summed E-state index contributed by atoms with van der Waals surface area (Å²) >= 11 is 5.95. The van der Waals surface area contributed by atoms with Crippen molar-refractivity contribution in [3.05, 3.63) is 29.8 Å². The Labute approximate surface area is 117 Å². The molecular weight excluding hydrogens is 265 g/mol. The SMILES string of the molecule is Fc1ccc2nc(CCl)n(CCN3CCCC3)c2c1. The zero-order valence-corrected chi connectivity index (χ0v) is 11.5. The highest BCUT2D eigenvalue weighted by atomic mass is 35.5. The molecule has 0 N–H and O–H groups in total. The quantitative estimate of drug-likeness (QED) is 0.804. The zero-order valence-electron chi connectivity index (χ0n) is 10.8. The van der Waals surface area contributed by atoms with Crippen LogP contribution in [0.2, 0.25) is 0 Å². The van der Waals surface area contributed by atoms with Gasteiger partial charge in [0.1, 0.15) is 11.6 Å². The Morgan fingerprint density at radius 1 is 1.21 bits per heavy atom. The number of nitrogens with zero attached hydrogens (tertiary/aromatic N) is 3. The molecule has 0 saturated carbocycles. The number of rotatable bonds is 4. The minimum Gasteiger partial charge on any atom is -0.326 e. The summed E-state index contributed by atoms with van der Waals surface area (Å²) < 4.78 is 15.4. The first-order chi connectivity index (χ1) is 9.28. The van der Waals surface area contributed by atoms with Crippen LogP contribution in [0, 0.1) is 5.82 Å². The van der Waals surface area contributed by atoms with Crippen LogP contribution in [0.25, 0.3) is 11.0 Å². The van der Waals surface area contributed by atoms with E-state index in [2.05, 4.69) is 9.88 Å². The Hall–Kier alpha value is -1.13. The fourth-order valence-corrected chi connectivity index (χ4v) is 2.95. The maximum Gasteiger partial charge on any atom is 0.125 e. The molecule has 5 heteroatoms. The molecule has 102 valence electrons. The molecule has 19 heavy (non-hydrogen) atoms. The molecule has 0 spiro atoms. The molecular formula is C14H17ClFN3. The normalized spacial score (nSPS) is 16.5. The summed E-state index contributed by atoms with van der Waals surface area (Å²) in [5.41, 5.74) is 1.66. The maximum atomic E-state index is 13.4. The molecule has 0 unspecified atom stereocenters. The number of halogens is 2.